The highest BCUT2D eigenvalue weighted by Crippen LogP contribution is 2.41. The Morgan fingerprint density at radius 3 is 2.76 bits per heavy atom. The van der Waals surface area contributed by atoms with E-state index in [1.165, 1.54) is 0 Å². The van der Waals surface area contributed by atoms with E-state index in [9.17, 15) is 4.79 Å². The van der Waals surface area contributed by atoms with Gasteiger partial charge in [0.1, 0.15) is 18.5 Å². The Kier molecular flexibility index (Phi) is 6.46. The van der Waals surface area contributed by atoms with Crippen molar-refractivity contribution in [1.82, 2.24) is 4.90 Å². The molecule has 3 aromatic rings. The van der Waals surface area contributed by atoms with Crippen molar-refractivity contribution in [2.24, 2.45) is 0 Å². The molecule has 0 bridgehead atoms. The molecule has 2 aliphatic heterocycles. The van der Waals surface area contributed by atoms with Crippen molar-refractivity contribution in [3.63, 3.8) is 0 Å². The number of amides is 1. The summed E-state index contributed by atoms with van der Waals surface area (Å²) in [5.74, 6) is 0.772. The van der Waals surface area contributed by atoms with Crippen molar-refractivity contribution < 1.29 is 19.0 Å². The van der Waals surface area contributed by atoms with Gasteiger partial charge in [0.15, 0.2) is 0 Å². The molecule has 6 heteroatoms. The van der Waals surface area contributed by atoms with Gasteiger partial charge in [0, 0.05) is 31.0 Å². The molecule has 0 aliphatic carbocycles. The van der Waals surface area contributed by atoms with E-state index in [2.05, 4.69) is 23.5 Å². The van der Waals surface area contributed by atoms with Crippen LogP contribution >= 0.6 is 0 Å². The highest BCUT2D eigenvalue weighted by molar-refractivity contribution is 6.02. The maximum Gasteiger partial charge on any atom is 0.257 e. The topological polar surface area (TPSA) is 60.0 Å². The maximum absolute atomic E-state index is 13.7. The van der Waals surface area contributed by atoms with Crippen LogP contribution in [0.2, 0.25) is 0 Å². The van der Waals surface area contributed by atoms with Gasteiger partial charge in [0.25, 0.3) is 5.91 Å². The molecule has 1 N–H and O–H groups in total. The summed E-state index contributed by atoms with van der Waals surface area (Å²) in [5.41, 5.74) is 2.49. The van der Waals surface area contributed by atoms with Gasteiger partial charge in [0.2, 0.25) is 0 Å². The van der Waals surface area contributed by atoms with Gasteiger partial charge in [-0.15, -0.1) is 0 Å². The fourth-order valence-corrected chi connectivity index (χ4v) is 4.76. The van der Waals surface area contributed by atoms with Crippen LogP contribution in [0.5, 0.6) is 5.75 Å². The lowest BCUT2D eigenvalue weighted by Crippen LogP contribution is -2.46. The van der Waals surface area contributed by atoms with Crippen LogP contribution in [0.15, 0.2) is 60.7 Å². The number of nitrogens with one attached hydrogen (secondary N) is 1. The maximum atomic E-state index is 13.7. The Balaban J connectivity index is 1.59. The van der Waals surface area contributed by atoms with Gasteiger partial charge >= 0.3 is 0 Å². The Bertz CT molecular complexity index is 1130. The number of fused-ring (bicyclic) bond motifs is 2. The number of rotatable bonds is 8. The van der Waals surface area contributed by atoms with Crippen LogP contribution in [0.25, 0.3) is 10.8 Å². The first-order valence-electron chi connectivity index (χ1n) is 11.8. The molecule has 3 aromatic carbocycles. The minimum Gasteiger partial charge on any atom is -0.491 e. The van der Waals surface area contributed by atoms with Crippen molar-refractivity contribution in [2.75, 3.05) is 38.3 Å². The third kappa shape index (κ3) is 4.41. The number of benzene rings is 3. The summed E-state index contributed by atoms with van der Waals surface area (Å²) in [5, 5.41) is 5.81. The van der Waals surface area contributed by atoms with Crippen molar-refractivity contribution >= 4 is 22.4 Å². The lowest BCUT2D eigenvalue weighted by molar-refractivity contribution is 0.0424. The molecule has 0 spiro atoms. The lowest BCUT2D eigenvalue weighted by Gasteiger charge is -2.40. The number of hydrogen-bond donors (Lipinski definition) is 1. The summed E-state index contributed by atoms with van der Waals surface area (Å²) < 4.78 is 17.6. The molecule has 2 atom stereocenters. The third-order valence-corrected chi connectivity index (χ3v) is 6.34. The first-order chi connectivity index (χ1) is 16.3. The van der Waals surface area contributed by atoms with E-state index >= 15 is 0 Å². The molecule has 172 valence electrons. The molecular formula is C27H30N2O4. The Hall–Kier alpha value is -3.09. The summed E-state index contributed by atoms with van der Waals surface area (Å²) in [4.78, 5) is 15.6. The number of carbonyl (C=O) groups is 1. The SMILES string of the molecule is CCOCCOc1ccc2ccccc2c1C1Nc2ccccc2C(=O)N1CC1CCCO1. The average Bonchev–Trinajstić information content (AvgIpc) is 3.37. The summed E-state index contributed by atoms with van der Waals surface area (Å²) in [6, 6.07) is 20.0. The molecule has 2 aliphatic rings. The number of nitrogens with zero attached hydrogens (tertiary/aromatic N) is 1. The minimum absolute atomic E-state index is 0.0121. The van der Waals surface area contributed by atoms with E-state index in [0.29, 0.717) is 31.9 Å². The summed E-state index contributed by atoms with van der Waals surface area (Å²) in [6.45, 7) is 4.87. The molecule has 2 unspecified atom stereocenters. The fourth-order valence-electron chi connectivity index (χ4n) is 4.76. The van der Waals surface area contributed by atoms with Crippen LogP contribution in [0, 0.1) is 0 Å². The summed E-state index contributed by atoms with van der Waals surface area (Å²) in [7, 11) is 0. The smallest absolute Gasteiger partial charge is 0.257 e. The molecule has 5 rings (SSSR count). The van der Waals surface area contributed by atoms with Crippen LogP contribution < -0.4 is 10.1 Å². The molecule has 1 saturated heterocycles. The molecule has 0 radical (unpaired) electrons. The molecular weight excluding hydrogens is 416 g/mol. The number of carbonyl (C=O) groups excluding carboxylic acids is 1. The van der Waals surface area contributed by atoms with Crippen LogP contribution in [-0.2, 0) is 9.47 Å². The molecule has 1 fully saturated rings. The molecule has 6 nitrogen and oxygen atoms in total. The van der Waals surface area contributed by atoms with E-state index in [-0.39, 0.29) is 18.2 Å². The third-order valence-electron chi connectivity index (χ3n) is 6.34. The van der Waals surface area contributed by atoms with Crippen molar-refractivity contribution in [3.05, 3.63) is 71.8 Å². The summed E-state index contributed by atoms with van der Waals surface area (Å²) >= 11 is 0. The predicted octanol–water partition coefficient (Wildman–Crippen LogP) is 5.00. The number of para-hydroxylation sites is 1. The van der Waals surface area contributed by atoms with Gasteiger partial charge in [-0.2, -0.15) is 0 Å². The van der Waals surface area contributed by atoms with Gasteiger partial charge in [0.05, 0.1) is 18.3 Å². The van der Waals surface area contributed by atoms with Gasteiger partial charge in [-0.05, 0) is 48.7 Å². The number of ether oxygens (including phenoxy) is 3. The molecule has 33 heavy (non-hydrogen) atoms. The minimum atomic E-state index is -0.371. The Morgan fingerprint density at radius 1 is 1.06 bits per heavy atom. The molecule has 1 amide bonds. The van der Waals surface area contributed by atoms with Crippen molar-refractivity contribution in [3.8, 4) is 5.75 Å². The van der Waals surface area contributed by atoms with E-state index in [1.807, 2.05) is 54.3 Å². The zero-order valence-electron chi connectivity index (χ0n) is 19.0. The van der Waals surface area contributed by atoms with E-state index < -0.39 is 0 Å². The largest absolute Gasteiger partial charge is 0.491 e. The van der Waals surface area contributed by atoms with Crippen LogP contribution in [0.4, 0.5) is 5.69 Å². The average molecular weight is 447 g/mol. The molecule has 0 saturated carbocycles. The number of hydrogen-bond acceptors (Lipinski definition) is 5. The second-order valence-corrected chi connectivity index (χ2v) is 8.43. The standard InChI is InChI=1S/C27H30N2O4/c1-2-31-16-17-33-24-14-13-19-8-3-4-10-21(19)25(24)26-28-23-12-6-5-11-22(23)27(30)29(26)18-20-9-7-15-32-20/h3-6,8,10-14,20,26,28H,2,7,9,15-18H2,1H3. The van der Waals surface area contributed by atoms with E-state index in [1.54, 1.807) is 0 Å². The normalized spacial score (nSPS) is 20.0. The first kappa shape index (κ1) is 21.7. The Labute approximate surface area is 194 Å². The quantitative estimate of drug-likeness (QED) is 0.494. The van der Waals surface area contributed by atoms with Crippen LogP contribution in [-0.4, -0.2) is 49.9 Å². The van der Waals surface area contributed by atoms with E-state index in [0.717, 1.165) is 47.2 Å². The lowest BCUT2D eigenvalue weighted by atomic mass is 9.97. The zero-order chi connectivity index (χ0) is 22.6. The number of anilines is 1. The fraction of sp³-hybridized carbons (Fsp3) is 0.370. The van der Waals surface area contributed by atoms with Gasteiger partial charge in [-0.25, -0.2) is 0 Å². The molecule has 0 aromatic heterocycles. The van der Waals surface area contributed by atoms with Gasteiger partial charge in [-0.3, -0.25) is 4.79 Å². The first-order valence-corrected chi connectivity index (χ1v) is 11.8. The second kappa shape index (κ2) is 9.81. The Morgan fingerprint density at radius 2 is 1.91 bits per heavy atom. The highest BCUT2D eigenvalue weighted by Gasteiger charge is 2.37. The van der Waals surface area contributed by atoms with Gasteiger partial charge < -0.3 is 24.4 Å². The monoisotopic (exact) mass is 446 g/mol. The molecule has 2 heterocycles. The van der Waals surface area contributed by atoms with Crippen LogP contribution in [0.3, 0.4) is 0 Å². The van der Waals surface area contributed by atoms with Crippen molar-refractivity contribution in [1.29, 1.82) is 0 Å². The predicted molar refractivity (Wildman–Crippen MR) is 129 cm³/mol. The zero-order valence-corrected chi connectivity index (χ0v) is 19.0. The van der Waals surface area contributed by atoms with Gasteiger partial charge in [-0.1, -0.05) is 42.5 Å². The van der Waals surface area contributed by atoms with Crippen molar-refractivity contribution in [2.45, 2.75) is 32.0 Å². The van der Waals surface area contributed by atoms with E-state index in [4.69, 9.17) is 14.2 Å². The van der Waals surface area contributed by atoms with Crippen LogP contribution in [0.1, 0.15) is 41.9 Å². The highest BCUT2D eigenvalue weighted by atomic mass is 16.5. The summed E-state index contributed by atoms with van der Waals surface area (Å²) in [6.07, 6.45) is 1.66. The second-order valence-electron chi connectivity index (χ2n) is 8.43.